The van der Waals surface area contributed by atoms with Gasteiger partial charge >= 0.3 is 0 Å². The van der Waals surface area contributed by atoms with Crippen LogP contribution in [0.2, 0.25) is 0 Å². The van der Waals surface area contributed by atoms with Gasteiger partial charge in [-0.2, -0.15) is 0 Å². The molecule has 4 amide bonds. The molecule has 0 spiro atoms. The number of thiophene rings is 3. The molecule has 6 aromatic carbocycles. The monoisotopic (exact) mass is 1600 g/mol. The van der Waals surface area contributed by atoms with E-state index in [1.165, 1.54) is 36.2 Å². The fraction of sp³-hybridized carbons (Fsp3) is 0.330. The van der Waals surface area contributed by atoms with Gasteiger partial charge in [-0.25, -0.2) is 4.98 Å². The summed E-state index contributed by atoms with van der Waals surface area (Å²) in [4.78, 5) is 96.2. The van der Waals surface area contributed by atoms with Crippen molar-refractivity contribution in [2.75, 3.05) is 56.6 Å². The van der Waals surface area contributed by atoms with E-state index >= 15 is 0 Å². The van der Waals surface area contributed by atoms with Crippen LogP contribution in [0.1, 0.15) is 129 Å². The Hall–Kier alpha value is -11.5. The first-order valence-electron chi connectivity index (χ1n) is 38.4. The Bertz CT molecular complexity index is 5640. The normalized spacial score (nSPS) is 17.8. The summed E-state index contributed by atoms with van der Waals surface area (Å²) in [5.74, 6) is 3.53. The Morgan fingerprint density at radius 2 is 0.748 bits per heavy atom. The van der Waals surface area contributed by atoms with Crippen LogP contribution in [-0.2, 0) is 105 Å². The number of nitrogens with zero attached hydrogens (tertiary/aromatic N) is 12. The molecule has 10 aromatic rings. The molecule has 4 atom stereocenters. The number of carbonyl (C=O) groups is 4. The summed E-state index contributed by atoms with van der Waals surface area (Å²) in [6.45, 7) is 6.67. The lowest BCUT2D eigenvalue weighted by atomic mass is 10.0. The number of hydrogen-bond donors (Lipinski definition) is 0. The van der Waals surface area contributed by atoms with E-state index in [4.69, 9.17) is 57.9 Å². The van der Waals surface area contributed by atoms with Crippen molar-refractivity contribution < 1.29 is 57.1 Å². The maximum atomic E-state index is 14.0. The van der Waals surface area contributed by atoms with Crippen molar-refractivity contribution in [1.82, 2.24) is 39.0 Å². The summed E-state index contributed by atoms with van der Waals surface area (Å²) in [5.41, 5.74) is 15.7. The SMILES string of the molecule is CCc1cc2c(s1)C[C@H]1C=Nc3cc(OCc4cc(COc5cc6c(cc5OC)C(=O)N5Cc7ccsc7C[C@H]5C=N6)cc(CN(C)C)c4)c(OC)cc3C(=O)N1C2.COc1cc2c(cc1OCc1cc(COc3cc4c(cc3OC)C(=O)N3Cc5ncn(C)c5C[C@H]3C=N4)cc(CN(C)C)c1)N=C[C@@H]1Cc3sccc3CN1C2=O. The van der Waals surface area contributed by atoms with Crippen molar-refractivity contribution in [3.05, 3.63) is 223 Å². The number of hydrogen-bond acceptors (Lipinski definition) is 22. The van der Waals surface area contributed by atoms with Gasteiger partial charge < -0.3 is 71.9 Å². The Morgan fingerprint density at radius 3 is 1.10 bits per heavy atom. The average Bonchev–Trinajstić information content (AvgIpc) is 1.65. The molecule has 0 radical (unpaired) electrons. The van der Waals surface area contributed by atoms with E-state index in [9.17, 15) is 19.2 Å². The van der Waals surface area contributed by atoms with Crippen molar-refractivity contribution >= 4 is 105 Å². The van der Waals surface area contributed by atoms with E-state index in [0.717, 1.165) is 70.5 Å². The molecule has 0 unspecified atom stereocenters. The molecule has 18 rings (SSSR count). The lowest BCUT2D eigenvalue weighted by molar-refractivity contribution is 0.0693. The Labute approximate surface area is 679 Å². The van der Waals surface area contributed by atoms with Crippen LogP contribution in [0.15, 0.2) is 140 Å². The van der Waals surface area contributed by atoms with Gasteiger partial charge in [0.25, 0.3) is 23.6 Å². The molecule has 115 heavy (non-hydrogen) atoms. The van der Waals surface area contributed by atoms with Gasteiger partial charge in [-0.05, 0) is 150 Å². The zero-order valence-corrected chi connectivity index (χ0v) is 68.2. The fourth-order valence-corrected chi connectivity index (χ4v) is 19.4. The van der Waals surface area contributed by atoms with Crippen LogP contribution in [0.25, 0.3) is 0 Å². The third-order valence-corrected chi connectivity index (χ3v) is 25.4. The van der Waals surface area contributed by atoms with Crippen LogP contribution in [0, 0.1) is 0 Å². The summed E-state index contributed by atoms with van der Waals surface area (Å²) >= 11 is 5.30. The van der Waals surface area contributed by atoms with Crippen LogP contribution < -0.4 is 37.9 Å². The fourth-order valence-electron chi connectivity index (χ4n) is 16.3. The Kier molecular flexibility index (Phi) is 21.2. The van der Waals surface area contributed by atoms with Crippen LogP contribution in [0.5, 0.6) is 46.0 Å². The van der Waals surface area contributed by atoms with Gasteiger partial charge in [0.05, 0.1) is 116 Å². The standard InChI is InChI=1S/C45H45N5O6S2.C43H43N7O6S/c1-6-33-12-30-23-50-32(14-43(30)58-33)20-47-37-18-41(39(54-5)16-35(37)45(50)52)56-25-28-10-26(21-48(2)3)9-27(11-28)24-55-40-17-36-34(15-38(40)53-4)44(51)49-22-29-7-8-57-42(29)13-31(49)19-46-36;1-47(2)19-25-8-26(22-55-39-15-33-31(13-37(39)53-4)42(51)49-20-28-6-7-57-41(28)12-30(49)18-45-33)10-27(9-25)23-56-40-16-34-32(14-38(40)54-5)43(52)50-21-35-36(48(3)24-46-35)11-29(50)17-44-34/h7-12,15-20,31-32H,6,13-14,21-25H2,1-5H3;6-10,13-18,24,29-30H,11-12,19-23H2,1-5H3/t31-,32-;29-,30-/m00/s1. The molecule has 8 aliphatic rings. The molecular weight excluding hydrogens is 1510 g/mol. The number of aromatic nitrogens is 2. The second-order valence-electron chi connectivity index (χ2n) is 30.5. The predicted molar refractivity (Wildman–Crippen MR) is 445 cm³/mol. The van der Waals surface area contributed by atoms with Gasteiger partial charge in [0.15, 0.2) is 46.0 Å². The van der Waals surface area contributed by atoms with Crippen molar-refractivity contribution in [3.8, 4) is 46.0 Å². The second kappa shape index (κ2) is 32.1. The minimum Gasteiger partial charge on any atom is -0.493 e. The van der Waals surface area contributed by atoms with Crippen LogP contribution >= 0.6 is 34.0 Å². The van der Waals surface area contributed by atoms with Gasteiger partial charge in [-0.3, -0.25) is 39.1 Å². The van der Waals surface area contributed by atoms with Crippen molar-refractivity contribution in [2.24, 2.45) is 27.0 Å². The lowest BCUT2D eigenvalue weighted by Crippen LogP contribution is -2.44. The van der Waals surface area contributed by atoms with Gasteiger partial charge in [-0.15, -0.1) is 34.0 Å². The Balaban J connectivity index is 0.000000166. The third-order valence-electron chi connectivity index (χ3n) is 22.1. The minimum atomic E-state index is -0.179. The first-order chi connectivity index (χ1) is 55.8. The second-order valence-corrected chi connectivity index (χ2v) is 33.7. The zero-order chi connectivity index (χ0) is 79.4. The number of ether oxygens (including phenoxy) is 8. The van der Waals surface area contributed by atoms with E-state index < -0.39 is 0 Å². The maximum absolute atomic E-state index is 14.0. The van der Waals surface area contributed by atoms with Gasteiger partial charge in [0.2, 0.25) is 0 Å². The molecule has 4 aromatic heterocycles. The summed E-state index contributed by atoms with van der Waals surface area (Å²) in [6.07, 6.45) is 13.2. The molecule has 12 heterocycles. The number of aliphatic imine (C=N–C) groups is 4. The van der Waals surface area contributed by atoms with E-state index in [0.29, 0.717) is 137 Å². The number of imidazole rings is 1. The number of rotatable bonds is 21. The van der Waals surface area contributed by atoms with Crippen LogP contribution in [0.4, 0.5) is 22.7 Å². The van der Waals surface area contributed by atoms with E-state index in [2.05, 4.69) is 87.1 Å². The highest BCUT2D eigenvalue weighted by atomic mass is 32.1. The molecular formula is C88H88N12O12S3. The van der Waals surface area contributed by atoms with E-state index in [1.54, 1.807) is 99.9 Å². The number of benzene rings is 6. The maximum Gasteiger partial charge on any atom is 0.257 e. The van der Waals surface area contributed by atoms with Crippen molar-refractivity contribution in [2.45, 2.75) is 129 Å². The predicted octanol–water partition coefficient (Wildman–Crippen LogP) is 14.5. The highest BCUT2D eigenvalue weighted by Crippen LogP contribution is 2.46. The topological polar surface area (TPSA) is 229 Å². The highest BCUT2D eigenvalue weighted by Gasteiger charge is 2.40. The first kappa shape index (κ1) is 76.2. The average molecular weight is 1600 g/mol. The minimum absolute atomic E-state index is 0.0595. The zero-order valence-electron chi connectivity index (χ0n) is 65.8. The van der Waals surface area contributed by atoms with Gasteiger partial charge in [0, 0.05) is 140 Å². The molecule has 27 heteroatoms. The number of methoxy groups -OCH3 is 4. The molecule has 0 aliphatic carbocycles. The first-order valence-corrected chi connectivity index (χ1v) is 40.9. The molecule has 0 bridgehead atoms. The number of carbonyl (C=O) groups excluding carboxylic acids is 4. The largest absolute Gasteiger partial charge is 0.493 e. The summed E-state index contributed by atoms with van der Waals surface area (Å²) in [5, 5.41) is 4.17. The number of fused-ring (bicyclic) bond motifs is 12. The molecule has 0 N–H and O–H groups in total. The quantitative estimate of drug-likeness (QED) is 0.0651. The molecule has 0 saturated heterocycles. The van der Waals surface area contributed by atoms with Crippen LogP contribution in [0.3, 0.4) is 0 Å². The lowest BCUT2D eigenvalue weighted by Gasteiger charge is -2.32. The molecule has 0 fully saturated rings. The smallest absolute Gasteiger partial charge is 0.257 e. The third kappa shape index (κ3) is 15.4. The van der Waals surface area contributed by atoms with Gasteiger partial charge in [0.1, 0.15) is 26.4 Å². The van der Waals surface area contributed by atoms with Gasteiger partial charge in [-0.1, -0.05) is 31.2 Å². The molecule has 590 valence electrons. The molecule has 8 aliphatic heterocycles. The van der Waals surface area contributed by atoms with E-state index in [1.807, 2.05) is 102 Å². The number of aryl methyl sites for hydroxylation is 2. The summed E-state index contributed by atoms with van der Waals surface area (Å²) < 4.78 is 50.8. The van der Waals surface area contributed by atoms with E-state index in [-0.39, 0.29) is 74.2 Å². The molecule has 24 nitrogen and oxygen atoms in total. The van der Waals surface area contributed by atoms with Crippen molar-refractivity contribution in [1.29, 1.82) is 0 Å². The summed E-state index contributed by atoms with van der Waals surface area (Å²) in [6, 6.07) is 32.7. The molecule has 0 saturated carbocycles. The van der Waals surface area contributed by atoms with Crippen LogP contribution in [-0.4, -0.2) is 168 Å². The highest BCUT2D eigenvalue weighted by molar-refractivity contribution is 7.12. The number of amides is 4. The summed E-state index contributed by atoms with van der Waals surface area (Å²) in [7, 11) is 16.4. The van der Waals surface area contributed by atoms with Crippen molar-refractivity contribution in [3.63, 3.8) is 0 Å². The Morgan fingerprint density at radius 1 is 0.409 bits per heavy atom.